The average Bonchev–Trinajstić information content (AvgIpc) is 3.42. The number of nitrogens with one attached hydrogen (secondary N) is 1. The van der Waals surface area contributed by atoms with Gasteiger partial charge < -0.3 is 10.1 Å². The Morgan fingerprint density at radius 3 is 2.50 bits per heavy atom. The van der Waals surface area contributed by atoms with Gasteiger partial charge in [0.15, 0.2) is 5.01 Å². The van der Waals surface area contributed by atoms with E-state index in [0.717, 1.165) is 22.5 Å². The molecule has 0 saturated carbocycles. The first kappa shape index (κ1) is 23.5. The minimum Gasteiger partial charge on any atom is -0.454 e. The van der Waals surface area contributed by atoms with Crippen molar-refractivity contribution in [2.45, 2.75) is 27.0 Å². The minimum atomic E-state index is -0.698. The van der Waals surface area contributed by atoms with Crippen molar-refractivity contribution in [1.29, 1.82) is 0 Å². The highest BCUT2D eigenvalue weighted by Gasteiger charge is 2.23. The van der Waals surface area contributed by atoms with E-state index in [-0.39, 0.29) is 28.2 Å². The normalized spacial score (nSPS) is 10.8. The van der Waals surface area contributed by atoms with Crippen LogP contribution in [0.25, 0.3) is 5.69 Å². The van der Waals surface area contributed by atoms with Crippen LogP contribution in [0.5, 0.6) is 0 Å². The maximum absolute atomic E-state index is 13.2. The summed E-state index contributed by atoms with van der Waals surface area (Å²) in [4.78, 5) is 25.0. The third-order valence-corrected chi connectivity index (χ3v) is 6.09. The van der Waals surface area contributed by atoms with Crippen LogP contribution in [0.2, 0.25) is 5.15 Å². The number of ether oxygens (including phenoxy) is 1. The van der Waals surface area contributed by atoms with Gasteiger partial charge in [0.2, 0.25) is 5.01 Å². The van der Waals surface area contributed by atoms with Crippen molar-refractivity contribution in [2.24, 2.45) is 0 Å². The molecule has 11 heteroatoms. The van der Waals surface area contributed by atoms with Crippen molar-refractivity contribution in [2.75, 3.05) is 0 Å². The Hall–Kier alpha value is -3.63. The summed E-state index contributed by atoms with van der Waals surface area (Å²) in [5.74, 6) is -1.46. The molecular weight excluding hydrogens is 481 g/mol. The maximum atomic E-state index is 13.2. The van der Waals surface area contributed by atoms with E-state index >= 15 is 0 Å². The van der Waals surface area contributed by atoms with Gasteiger partial charge in [-0.15, -0.1) is 10.2 Å². The first-order chi connectivity index (χ1) is 16.3. The number of rotatable bonds is 7. The van der Waals surface area contributed by atoms with Gasteiger partial charge in [0.1, 0.15) is 23.1 Å². The second-order valence-corrected chi connectivity index (χ2v) is 8.80. The Labute approximate surface area is 203 Å². The highest BCUT2D eigenvalue weighted by Crippen LogP contribution is 2.25. The van der Waals surface area contributed by atoms with E-state index in [1.807, 2.05) is 31.2 Å². The summed E-state index contributed by atoms with van der Waals surface area (Å²) in [6, 6.07) is 13.3. The van der Waals surface area contributed by atoms with Gasteiger partial charge in [-0.1, -0.05) is 52.8 Å². The van der Waals surface area contributed by atoms with Gasteiger partial charge >= 0.3 is 5.97 Å². The highest BCUT2D eigenvalue weighted by atomic mass is 35.5. The largest absolute Gasteiger partial charge is 0.454 e. The quantitative estimate of drug-likeness (QED) is 0.378. The van der Waals surface area contributed by atoms with Crippen molar-refractivity contribution in [1.82, 2.24) is 25.3 Å². The lowest BCUT2D eigenvalue weighted by molar-refractivity contribution is 0.0471. The summed E-state index contributed by atoms with van der Waals surface area (Å²) in [5, 5.41) is 15.4. The number of carbonyl (C=O) groups is 2. The van der Waals surface area contributed by atoms with Gasteiger partial charge in [-0.05, 0) is 43.7 Å². The number of amides is 1. The van der Waals surface area contributed by atoms with Crippen molar-refractivity contribution < 1.29 is 18.7 Å². The molecule has 0 atom stereocenters. The van der Waals surface area contributed by atoms with Crippen LogP contribution in [0.15, 0.2) is 48.5 Å². The van der Waals surface area contributed by atoms with Crippen LogP contribution in [-0.4, -0.2) is 31.9 Å². The second kappa shape index (κ2) is 10.1. The van der Waals surface area contributed by atoms with Gasteiger partial charge in [-0.3, -0.25) is 4.79 Å². The number of halogens is 2. The summed E-state index contributed by atoms with van der Waals surface area (Å²) in [6.07, 6.45) is 0. The summed E-state index contributed by atoms with van der Waals surface area (Å²) in [5.41, 5.74) is 3.04. The fourth-order valence-corrected chi connectivity index (χ4v) is 4.07. The zero-order valence-corrected chi connectivity index (χ0v) is 19.8. The molecule has 4 aromatic rings. The van der Waals surface area contributed by atoms with Crippen LogP contribution in [0.1, 0.15) is 42.0 Å². The standard InChI is InChI=1S/C23H19ClFN5O3S/c1-13-3-5-15(6-4-13)11-26-21(31)22-28-27-18(34-22)12-33-23(32)19-14(2)29-30(20(19)24)17-9-7-16(25)8-10-17/h3-10H,11-12H2,1-2H3,(H,26,31). The molecule has 0 aliphatic rings. The lowest BCUT2D eigenvalue weighted by Gasteiger charge is -2.04. The zero-order valence-electron chi connectivity index (χ0n) is 18.2. The third kappa shape index (κ3) is 5.29. The lowest BCUT2D eigenvalue weighted by Crippen LogP contribution is -2.22. The van der Waals surface area contributed by atoms with Crippen molar-refractivity contribution in [3.05, 3.63) is 91.9 Å². The molecule has 0 aliphatic heterocycles. The molecule has 0 saturated heterocycles. The molecule has 2 aromatic carbocycles. The third-order valence-electron chi connectivity index (χ3n) is 4.84. The number of aryl methyl sites for hydroxylation is 2. The molecule has 2 heterocycles. The summed E-state index contributed by atoms with van der Waals surface area (Å²) in [6.45, 7) is 3.78. The summed E-state index contributed by atoms with van der Waals surface area (Å²) in [7, 11) is 0. The van der Waals surface area contributed by atoms with E-state index in [1.165, 1.54) is 28.9 Å². The number of hydrogen-bond acceptors (Lipinski definition) is 7. The van der Waals surface area contributed by atoms with Crippen LogP contribution in [0, 0.1) is 19.7 Å². The van der Waals surface area contributed by atoms with Gasteiger partial charge in [-0.25, -0.2) is 13.9 Å². The Morgan fingerprint density at radius 1 is 1.09 bits per heavy atom. The van der Waals surface area contributed by atoms with Crippen molar-refractivity contribution in [3.8, 4) is 5.69 Å². The molecule has 8 nitrogen and oxygen atoms in total. The Bertz CT molecular complexity index is 1340. The van der Waals surface area contributed by atoms with E-state index < -0.39 is 11.8 Å². The van der Waals surface area contributed by atoms with Crippen LogP contribution < -0.4 is 5.32 Å². The first-order valence-corrected chi connectivity index (χ1v) is 11.4. The second-order valence-electron chi connectivity index (χ2n) is 7.38. The molecule has 34 heavy (non-hydrogen) atoms. The number of nitrogens with zero attached hydrogens (tertiary/aromatic N) is 4. The Kier molecular flexibility index (Phi) is 6.99. The van der Waals surface area contributed by atoms with Crippen LogP contribution >= 0.6 is 22.9 Å². The molecule has 1 N–H and O–H groups in total. The Morgan fingerprint density at radius 2 is 1.79 bits per heavy atom. The SMILES string of the molecule is Cc1ccc(CNC(=O)c2nnc(COC(=O)c3c(C)nn(-c4ccc(F)cc4)c3Cl)s2)cc1. The fourth-order valence-electron chi connectivity index (χ4n) is 3.05. The van der Waals surface area contributed by atoms with Crippen LogP contribution in [-0.2, 0) is 17.9 Å². The molecule has 0 unspecified atom stereocenters. The molecular formula is C23H19ClFN5O3S. The summed E-state index contributed by atoms with van der Waals surface area (Å²) >= 11 is 7.37. The number of benzene rings is 2. The molecule has 0 aliphatic carbocycles. The predicted octanol–water partition coefficient (Wildman–Crippen LogP) is 4.42. The molecule has 0 radical (unpaired) electrons. The number of carbonyl (C=O) groups excluding carboxylic acids is 2. The van der Waals surface area contributed by atoms with Crippen LogP contribution in [0.4, 0.5) is 4.39 Å². The molecule has 1 amide bonds. The van der Waals surface area contributed by atoms with Gasteiger partial charge in [0, 0.05) is 6.54 Å². The molecule has 0 spiro atoms. The van der Waals surface area contributed by atoms with E-state index in [2.05, 4.69) is 20.6 Å². The molecule has 0 fully saturated rings. The molecule has 174 valence electrons. The Balaban J connectivity index is 1.37. The topological polar surface area (TPSA) is 99.0 Å². The van der Waals surface area contributed by atoms with Crippen molar-refractivity contribution >= 4 is 34.8 Å². The van der Waals surface area contributed by atoms with E-state index in [4.69, 9.17) is 16.3 Å². The summed E-state index contributed by atoms with van der Waals surface area (Å²) < 4.78 is 19.8. The van der Waals surface area contributed by atoms with Gasteiger partial charge in [0.25, 0.3) is 5.91 Å². The fraction of sp³-hybridized carbons (Fsp3) is 0.174. The average molecular weight is 500 g/mol. The van der Waals surface area contributed by atoms with E-state index in [9.17, 15) is 14.0 Å². The van der Waals surface area contributed by atoms with Gasteiger partial charge in [-0.2, -0.15) is 5.10 Å². The number of esters is 1. The maximum Gasteiger partial charge on any atom is 0.343 e. The zero-order chi connectivity index (χ0) is 24.2. The minimum absolute atomic E-state index is 0.0440. The lowest BCUT2D eigenvalue weighted by atomic mass is 10.1. The number of aromatic nitrogens is 4. The molecule has 4 rings (SSSR count). The molecule has 2 aromatic heterocycles. The van der Waals surface area contributed by atoms with Crippen LogP contribution in [0.3, 0.4) is 0 Å². The monoisotopic (exact) mass is 499 g/mol. The van der Waals surface area contributed by atoms with Crippen molar-refractivity contribution in [3.63, 3.8) is 0 Å². The van der Waals surface area contributed by atoms with E-state index in [0.29, 0.717) is 22.9 Å². The number of hydrogen-bond donors (Lipinski definition) is 1. The van der Waals surface area contributed by atoms with Gasteiger partial charge in [0.05, 0.1) is 11.4 Å². The first-order valence-electron chi connectivity index (χ1n) is 10.2. The highest BCUT2D eigenvalue weighted by molar-refractivity contribution is 7.13. The molecule has 0 bridgehead atoms. The van der Waals surface area contributed by atoms with E-state index in [1.54, 1.807) is 6.92 Å². The smallest absolute Gasteiger partial charge is 0.343 e. The predicted molar refractivity (Wildman–Crippen MR) is 125 cm³/mol.